The van der Waals surface area contributed by atoms with Crippen LogP contribution >= 0.6 is 0 Å². The Hall–Kier alpha value is -2.84. The summed E-state index contributed by atoms with van der Waals surface area (Å²) in [4.78, 5) is 21.3. The molecular weight excluding hydrogens is 506 g/mol. The van der Waals surface area contributed by atoms with Crippen LogP contribution in [0.4, 0.5) is 4.79 Å². The van der Waals surface area contributed by atoms with Gasteiger partial charge in [0.2, 0.25) is 0 Å². The molecule has 0 spiro atoms. The lowest BCUT2D eigenvalue weighted by molar-refractivity contribution is 0.207. The first-order valence-corrected chi connectivity index (χ1v) is 15.8. The predicted molar refractivity (Wildman–Crippen MR) is 153 cm³/mol. The van der Waals surface area contributed by atoms with Crippen LogP contribution in [0, 0.1) is 0 Å². The first-order valence-electron chi connectivity index (χ1n) is 14.5. The number of likely N-dealkylation sites (tertiary alicyclic amines) is 1. The van der Waals surface area contributed by atoms with Crippen LogP contribution in [-0.4, -0.2) is 49.1 Å². The summed E-state index contributed by atoms with van der Waals surface area (Å²) in [7, 11) is 0. The second-order valence-corrected chi connectivity index (χ2v) is 13.4. The molecule has 2 aromatic heterocycles. The summed E-state index contributed by atoms with van der Waals surface area (Å²) in [6, 6.07) is 16.6. The zero-order valence-corrected chi connectivity index (χ0v) is 24.0. The maximum absolute atomic E-state index is 13.4. The average molecular weight is 546 g/mol. The molecule has 3 aliphatic rings. The van der Waals surface area contributed by atoms with E-state index in [1.54, 1.807) is 0 Å². The van der Waals surface area contributed by atoms with E-state index in [-0.39, 0.29) is 23.9 Å². The van der Waals surface area contributed by atoms with Crippen LogP contribution in [0.5, 0.6) is 0 Å². The van der Waals surface area contributed by atoms with Crippen LogP contribution in [0.25, 0.3) is 0 Å². The number of amides is 2. The van der Waals surface area contributed by atoms with Gasteiger partial charge in [-0.3, -0.25) is 9.67 Å². The summed E-state index contributed by atoms with van der Waals surface area (Å²) >= 11 is -0.970. The molecule has 1 aliphatic heterocycles. The van der Waals surface area contributed by atoms with Crippen LogP contribution in [0.2, 0.25) is 0 Å². The van der Waals surface area contributed by atoms with Gasteiger partial charge in [0.25, 0.3) is 0 Å². The minimum atomic E-state index is -0.970. The van der Waals surface area contributed by atoms with Crippen molar-refractivity contribution >= 4 is 17.2 Å². The fourth-order valence-electron chi connectivity index (χ4n) is 5.76. The highest BCUT2D eigenvalue weighted by Crippen LogP contribution is 2.45. The lowest BCUT2D eigenvalue weighted by Crippen LogP contribution is -2.38. The zero-order chi connectivity index (χ0) is 27.1. The van der Waals surface area contributed by atoms with E-state index in [1.807, 2.05) is 36.1 Å². The van der Waals surface area contributed by atoms with Crippen LogP contribution in [0.15, 0.2) is 53.4 Å². The molecule has 206 valence electrons. The first-order chi connectivity index (χ1) is 18.9. The summed E-state index contributed by atoms with van der Waals surface area (Å²) in [6.07, 6.45) is 4.88. The van der Waals surface area contributed by atoms with Crippen LogP contribution < -0.4 is 5.32 Å². The maximum atomic E-state index is 13.4. The molecule has 1 saturated heterocycles. The minimum Gasteiger partial charge on any atom is -0.611 e. The summed E-state index contributed by atoms with van der Waals surface area (Å²) in [5, 5.41) is 8.15. The molecule has 3 atom stereocenters. The lowest BCUT2D eigenvalue weighted by atomic mass is 9.89. The highest BCUT2D eigenvalue weighted by atomic mass is 32.2. The van der Waals surface area contributed by atoms with Gasteiger partial charge in [0, 0.05) is 66.4 Å². The van der Waals surface area contributed by atoms with E-state index >= 15 is 0 Å². The molecule has 2 saturated carbocycles. The molecule has 1 aromatic carbocycles. The number of hydrogen-bond acceptors (Lipinski definition) is 4. The topological polar surface area (TPSA) is 86.1 Å². The van der Waals surface area contributed by atoms with Gasteiger partial charge >= 0.3 is 6.03 Å². The van der Waals surface area contributed by atoms with Crippen LogP contribution in [0.3, 0.4) is 0 Å². The van der Waals surface area contributed by atoms with Crippen molar-refractivity contribution in [3.05, 3.63) is 76.9 Å². The molecule has 0 bridgehead atoms. The van der Waals surface area contributed by atoms with Crippen molar-refractivity contribution in [3.8, 4) is 0 Å². The number of nitrogens with one attached hydrogen (secondary N) is 1. The largest absolute Gasteiger partial charge is 0.611 e. The summed E-state index contributed by atoms with van der Waals surface area (Å²) in [5.74, 6) is 2.04. The van der Waals surface area contributed by atoms with Gasteiger partial charge in [0.05, 0.1) is 5.69 Å². The number of urea groups is 1. The summed E-state index contributed by atoms with van der Waals surface area (Å²) in [6.45, 7) is 8.01. The monoisotopic (exact) mass is 545 g/mol. The minimum absolute atomic E-state index is 0.0555. The van der Waals surface area contributed by atoms with E-state index in [1.165, 1.54) is 42.8 Å². The predicted octanol–water partition coefficient (Wildman–Crippen LogP) is 5.83. The Kier molecular flexibility index (Phi) is 7.42. The molecule has 6 rings (SSSR count). The molecule has 3 aromatic rings. The Labute approximate surface area is 234 Å². The van der Waals surface area contributed by atoms with Crippen molar-refractivity contribution in [2.45, 2.75) is 87.6 Å². The molecule has 7 nitrogen and oxygen atoms in total. The van der Waals surface area contributed by atoms with Crippen molar-refractivity contribution in [2.75, 3.05) is 18.8 Å². The van der Waals surface area contributed by atoms with E-state index in [0.717, 1.165) is 16.2 Å². The summed E-state index contributed by atoms with van der Waals surface area (Å²) in [5.41, 5.74) is 5.71. The van der Waals surface area contributed by atoms with Gasteiger partial charge in [-0.1, -0.05) is 18.2 Å². The fraction of sp³-hybridized carbons (Fsp3) is 0.516. The molecule has 2 amide bonds. The first kappa shape index (κ1) is 26.4. The van der Waals surface area contributed by atoms with Crippen LogP contribution in [-0.2, 0) is 17.7 Å². The Morgan fingerprint density at radius 2 is 1.67 bits per heavy atom. The quantitative estimate of drug-likeness (QED) is 0.343. The molecule has 3 unspecified atom stereocenters. The number of pyridine rings is 1. The second-order valence-electron chi connectivity index (χ2n) is 11.6. The number of carbonyl (C=O) groups is 1. The van der Waals surface area contributed by atoms with Gasteiger partial charge < -0.3 is 14.8 Å². The van der Waals surface area contributed by atoms with E-state index in [9.17, 15) is 9.35 Å². The van der Waals surface area contributed by atoms with Gasteiger partial charge in [-0.2, -0.15) is 5.10 Å². The molecule has 3 fully saturated rings. The Balaban J connectivity index is 1.23. The van der Waals surface area contributed by atoms with Crippen molar-refractivity contribution in [1.82, 2.24) is 25.0 Å². The van der Waals surface area contributed by atoms with Crippen molar-refractivity contribution in [2.24, 2.45) is 0 Å². The third-order valence-corrected chi connectivity index (χ3v) is 9.64. The zero-order valence-electron chi connectivity index (χ0n) is 23.2. The number of hydrogen-bond donors (Lipinski definition) is 1. The third kappa shape index (κ3) is 5.73. The third-order valence-electron chi connectivity index (χ3n) is 8.32. The normalized spacial score (nSPS) is 21.9. The lowest BCUT2D eigenvalue weighted by Gasteiger charge is -2.21. The smallest absolute Gasteiger partial charge is 0.317 e. The number of aromatic nitrogens is 3. The highest BCUT2D eigenvalue weighted by Gasteiger charge is 2.41. The van der Waals surface area contributed by atoms with E-state index in [4.69, 9.17) is 10.1 Å². The molecular formula is C31H39N5O2S. The van der Waals surface area contributed by atoms with E-state index < -0.39 is 11.2 Å². The second kappa shape index (κ2) is 11.0. The standard InChI is InChI=1S/C31H39N5O2S/c1-4-39(38)24-14-8-21(9-15-24)17-32-31(37)35-18-25(28-7-5-6-27(33-28)22-10-11-22)26(19-35)30-16-29(23-12-13-23)34-36(30)20(2)3/h5-9,14-16,20,22-23,25-26H,4,10-13,17-19H2,1-3H3,(H,32,37). The van der Waals surface area contributed by atoms with Gasteiger partial charge in [-0.05, 0) is 93.5 Å². The number of rotatable bonds is 9. The average Bonchev–Trinajstić information content (AvgIpc) is 3.89. The molecule has 2 aliphatic carbocycles. The summed E-state index contributed by atoms with van der Waals surface area (Å²) < 4.78 is 14.2. The van der Waals surface area contributed by atoms with Gasteiger partial charge in [-0.15, -0.1) is 0 Å². The molecule has 1 N–H and O–H groups in total. The highest BCUT2D eigenvalue weighted by molar-refractivity contribution is 7.91. The molecule has 39 heavy (non-hydrogen) atoms. The Morgan fingerprint density at radius 3 is 2.33 bits per heavy atom. The van der Waals surface area contributed by atoms with Gasteiger partial charge in [-0.25, -0.2) is 4.79 Å². The fourth-order valence-corrected chi connectivity index (χ4v) is 6.54. The molecule has 8 heteroatoms. The van der Waals surface area contributed by atoms with E-state index in [0.29, 0.717) is 37.2 Å². The number of benzene rings is 1. The number of carbonyl (C=O) groups excluding carboxylic acids is 1. The molecule has 0 radical (unpaired) electrons. The SMILES string of the molecule is CC[S+]([O-])c1ccc(CNC(=O)N2CC(c3cccc(C4CC4)n3)C(c3cc(C4CC4)nn3C(C)C)C2)cc1. The Bertz CT molecular complexity index is 1310. The van der Waals surface area contributed by atoms with Crippen molar-refractivity contribution in [1.29, 1.82) is 0 Å². The van der Waals surface area contributed by atoms with E-state index in [2.05, 4.69) is 48.1 Å². The van der Waals surface area contributed by atoms with Crippen molar-refractivity contribution in [3.63, 3.8) is 0 Å². The van der Waals surface area contributed by atoms with Gasteiger partial charge in [0.15, 0.2) is 4.90 Å². The van der Waals surface area contributed by atoms with Gasteiger partial charge in [0.1, 0.15) is 5.75 Å². The maximum Gasteiger partial charge on any atom is 0.317 e. The molecule has 3 heterocycles. The number of nitrogens with zero attached hydrogens (tertiary/aromatic N) is 4. The van der Waals surface area contributed by atoms with Crippen LogP contribution in [0.1, 0.15) is 105 Å². The Morgan fingerprint density at radius 1 is 1.00 bits per heavy atom. The van der Waals surface area contributed by atoms with Crippen molar-refractivity contribution < 1.29 is 9.35 Å².